The van der Waals surface area contributed by atoms with Crippen molar-refractivity contribution in [3.63, 3.8) is 0 Å². The Labute approximate surface area is 112 Å². The Kier molecular flexibility index (Phi) is 4.99. The third-order valence-electron chi connectivity index (χ3n) is 3.57. The van der Waals surface area contributed by atoms with Crippen molar-refractivity contribution >= 4 is 15.9 Å². The van der Waals surface area contributed by atoms with E-state index in [-0.39, 0.29) is 0 Å². The Bertz CT molecular complexity index is 354. The molecule has 1 N–H and O–H groups in total. The molecule has 0 spiro atoms. The van der Waals surface area contributed by atoms with E-state index in [1.807, 2.05) is 12.4 Å². The first-order valence-electron chi connectivity index (χ1n) is 6.54. The lowest BCUT2D eigenvalue weighted by Gasteiger charge is -2.26. The lowest BCUT2D eigenvalue weighted by Crippen LogP contribution is -2.26. The van der Waals surface area contributed by atoms with Crippen LogP contribution in [0.2, 0.25) is 0 Å². The summed E-state index contributed by atoms with van der Waals surface area (Å²) in [7, 11) is 0. The van der Waals surface area contributed by atoms with Gasteiger partial charge in [-0.3, -0.25) is 4.98 Å². The Morgan fingerprint density at radius 3 is 3.06 bits per heavy atom. The van der Waals surface area contributed by atoms with Gasteiger partial charge in [-0.15, -0.1) is 0 Å². The molecule has 1 saturated carbocycles. The number of nitrogens with zero attached hydrogens (tertiary/aromatic N) is 1. The minimum atomic E-state index is 0.874. The van der Waals surface area contributed by atoms with E-state index in [1.165, 1.54) is 31.2 Å². The largest absolute Gasteiger partial charge is 0.312 e. The Morgan fingerprint density at radius 2 is 2.29 bits per heavy atom. The molecule has 0 aromatic carbocycles. The molecule has 1 aromatic heterocycles. The highest BCUT2D eigenvalue weighted by Gasteiger charge is 2.18. The summed E-state index contributed by atoms with van der Waals surface area (Å²) < 4.78 is 1.06. The molecule has 0 saturated heterocycles. The lowest BCUT2D eigenvalue weighted by molar-refractivity contribution is 0.274. The average Bonchev–Trinajstić information content (AvgIpc) is 2.29. The van der Waals surface area contributed by atoms with Crippen molar-refractivity contribution in [1.82, 2.24) is 10.3 Å². The number of hydrogen-bond acceptors (Lipinski definition) is 2. The van der Waals surface area contributed by atoms with Crippen molar-refractivity contribution < 1.29 is 0 Å². The Morgan fingerprint density at radius 1 is 1.41 bits per heavy atom. The molecule has 3 heteroatoms. The highest BCUT2D eigenvalue weighted by atomic mass is 79.9. The number of hydrogen-bond donors (Lipinski definition) is 1. The number of rotatable bonds is 4. The van der Waals surface area contributed by atoms with E-state index in [1.54, 1.807) is 0 Å². The molecular formula is C14H21BrN2. The summed E-state index contributed by atoms with van der Waals surface area (Å²) >= 11 is 3.45. The highest BCUT2D eigenvalue weighted by molar-refractivity contribution is 9.10. The standard InChI is InChI=1S/C14H21BrN2/c1-11-3-2-4-12(5-11)7-16-8-13-6-14(15)10-17-9-13/h6,9-12,16H,2-5,7-8H2,1H3. The lowest BCUT2D eigenvalue weighted by atomic mass is 9.82. The van der Waals surface area contributed by atoms with E-state index in [4.69, 9.17) is 0 Å². The second-order valence-corrected chi connectivity index (χ2v) is 6.20. The summed E-state index contributed by atoms with van der Waals surface area (Å²) in [5, 5.41) is 3.56. The summed E-state index contributed by atoms with van der Waals surface area (Å²) in [5.74, 6) is 1.79. The van der Waals surface area contributed by atoms with Gasteiger partial charge in [0.2, 0.25) is 0 Å². The van der Waals surface area contributed by atoms with Crippen LogP contribution in [0.15, 0.2) is 22.9 Å². The van der Waals surface area contributed by atoms with Crippen LogP contribution in [0.1, 0.15) is 38.2 Å². The summed E-state index contributed by atoms with van der Waals surface area (Å²) in [5.41, 5.74) is 1.25. The number of aromatic nitrogens is 1. The Balaban J connectivity index is 1.72. The molecule has 2 rings (SSSR count). The molecule has 2 nitrogen and oxygen atoms in total. The van der Waals surface area contributed by atoms with Gasteiger partial charge < -0.3 is 5.32 Å². The molecule has 0 aliphatic heterocycles. The van der Waals surface area contributed by atoms with E-state index in [2.05, 4.69) is 39.2 Å². The molecular weight excluding hydrogens is 276 g/mol. The van der Waals surface area contributed by atoms with Crippen molar-refractivity contribution in [1.29, 1.82) is 0 Å². The van der Waals surface area contributed by atoms with Gasteiger partial charge in [-0.2, -0.15) is 0 Å². The molecule has 0 bridgehead atoms. The summed E-state index contributed by atoms with van der Waals surface area (Å²) in [4.78, 5) is 4.17. The second-order valence-electron chi connectivity index (χ2n) is 5.28. The van der Waals surface area contributed by atoms with Crippen LogP contribution in [-0.2, 0) is 6.54 Å². The molecule has 2 atom stereocenters. The van der Waals surface area contributed by atoms with Crippen LogP contribution < -0.4 is 5.32 Å². The number of pyridine rings is 1. The van der Waals surface area contributed by atoms with Crippen LogP contribution in [0.3, 0.4) is 0 Å². The normalized spacial score (nSPS) is 24.8. The maximum absolute atomic E-state index is 4.17. The van der Waals surface area contributed by atoms with Crippen molar-refractivity contribution in [3.8, 4) is 0 Å². The first kappa shape index (κ1) is 13.0. The van der Waals surface area contributed by atoms with Gasteiger partial charge in [0.25, 0.3) is 0 Å². The number of halogens is 1. The van der Waals surface area contributed by atoms with E-state index in [0.29, 0.717) is 0 Å². The monoisotopic (exact) mass is 296 g/mol. The van der Waals surface area contributed by atoms with E-state index in [9.17, 15) is 0 Å². The van der Waals surface area contributed by atoms with Crippen LogP contribution >= 0.6 is 15.9 Å². The SMILES string of the molecule is CC1CCCC(CNCc2cncc(Br)c2)C1. The van der Waals surface area contributed by atoms with E-state index < -0.39 is 0 Å². The molecule has 1 aliphatic rings. The van der Waals surface area contributed by atoms with Gasteiger partial charge in [-0.1, -0.05) is 19.8 Å². The molecule has 1 aliphatic carbocycles. The predicted molar refractivity (Wildman–Crippen MR) is 74.8 cm³/mol. The molecule has 2 unspecified atom stereocenters. The van der Waals surface area contributed by atoms with E-state index >= 15 is 0 Å². The van der Waals surface area contributed by atoms with Crippen molar-refractivity contribution in [2.24, 2.45) is 11.8 Å². The third-order valence-corrected chi connectivity index (χ3v) is 4.00. The first-order chi connectivity index (χ1) is 8.24. The minimum absolute atomic E-state index is 0.874. The van der Waals surface area contributed by atoms with Gasteiger partial charge in [0.15, 0.2) is 0 Å². The third kappa shape index (κ3) is 4.40. The average molecular weight is 297 g/mol. The van der Waals surface area contributed by atoms with Gasteiger partial charge in [-0.25, -0.2) is 0 Å². The zero-order valence-corrected chi connectivity index (χ0v) is 12.0. The zero-order chi connectivity index (χ0) is 12.1. The second kappa shape index (κ2) is 6.50. The molecule has 17 heavy (non-hydrogen) atoms. The Hall–Kier alpha value is -0.410. The maximum atomic E-state index is 4.17. The quantitative estimate of drug-likeness (QED) is 0.915. The summed E-state index contributed by atoms with van der Waals surface area (Å²) in [6, 6.07) is 2.13. The zero-order valence-electron chi connectivity index (χ0n) is 10.5. The topological polar surface area (TPSA) is 24.9 Å². The van der Waals surface area contributed by atoms with Gasteiger partial charge in [0.05, 0.1) is 0 Å². The smallest absolute Gasteiger partial charge is 0.0410 e. The van der Waals surface area contributed by atoms with Crippen LogP contribution in [0.25, 0.3) is 0 Å². The maximum Gasteiger partial charge on any atom is 0.0410 e. The van der Waals surface area contributed by atoms with Crippen LogP contribution in [0.5, 0.6) is 0 Å². The van der Waals surface area contributed by atoms with E-state index in [0.717, 1.165) is 29.4 Å². The highest BCUT2D eigenvalue weighted by Crippen LogP contribution is 2.27. The van der Waals surface area contributed by atoms with Gasteiger partial charge >= 0.3 is 0 Å². The minimum Gasteiger partial charge on any atom is -0.312 e. The molecule has 1 aromatic rings. The summed E-state index contributed by atoms with van der Waals surface area (Å²) in [6.07, 6.45) is 9.38. The van der Waals surface area contributed by atoms with Gasteiger partial charge in [-0.05, 0) is 58.8 Å². The van der Waals surface area contributed by atoms with Crippen LogP contribution in [0.4, 0.5) is 0 Å². The molecule has 0 amide bonds. The van der Waals surface area contributed by atoms with Crippen LogP contribution in [-0.4, -0.2) is 11.5 Å². The van der Waals surface area contributed by atoms with Crippen molar-refractivity contribution in [2.75, 3.05) is 6.54 Å². The fraction of sp³-hybridized carbons (Fsp3) is 0.643. The molecule has 1 heterocycles. The molecule has 0 radical (unpaired) electrons. The van der Waals surface area contributed by atoms with Gasteiger partial charge in [0, 0.05) is 23.4 Å². The van der Waals surface area contributed by atoms with Crippen LogP contribution in [0, 0.1) is 11.8 Å². The fourth-order valence-corrected chi connectivity index (χ4v) is 3.13. The van der Waals surface area contributed by atoms with Gasteiger partial charge in [0.1, 0.15) is 0 Å². The molecule has 1 fully saturated rings. The number of nitrogens with one attached hydrogen (secondary N) is 1. The predicted octanol–water partition coefficient (Wildman–Crippen LogP) is 3.76. The first-order valence-corrected chi connectivity index (χ1v) is 7.33. The fourth-order valence-electron chi connectivity index (χ4n) is 2.72. The molecule has 94 valence electrons. The summed E-state index contributed by atoms with van der Waals surface area (Å²) in [6.45, 7) is 4.46. The van der Waals surface area contributed by atoms with Crippen molar-refractivity contribution in [2.45, 2.75) is 39.2 Å². The van der Waals surface area contributed by atoms with Crippen molar-refractivity contribution in [3.05, 3.63) is 28.5 Å².